The van der Waals surface area contributed by atoms with E-state index in [0.29, 0.717) is 6.10 Å². The molecule has 1 saturated heterocycles. The number of hydrogen-bond acceptors (Lipinski definition) is 3. The Morgan fingerprint density at radius 1 is 1.29 bits per heavy atom. The molecular weight excluding hydrogens is 260 g/mol. The van der Waals surface area contributed by atoms with Gasteiger partial charge in [0.05, 0.1) is 6.10 Å². The van der Waals surface area contributed by atoms with E-state index in [1.165, 1.54) is 45.1 Å². The first-order valence-corrected chi connectivity index (χ1v) is 9.20. The van der Waals surface area contributed by atoms with E-state index >= 15 is 0 Å². The number of ether oxygens (including phenoxy) is 1. The number of nitrogens with zero attached hydrogens (tertiary/aromatic N) is 1. The molecular formula is C18H34N2O. The average molecular weight is 294 g/mol. The molecule has 5 atom stereocenters. The van der Waals surface area contributed by atoms with Crippen LogP contribution in [0.4, 0.5) is 0 Å². The highest BCUT2D eigenvalue weighted by molar-refractivity contribution is 4.98. The molecule has 3 rings (SSSR count). The summed E-state index contributed by atoms with van der Waals surface area (Å²) < 4.78 is 5.96. The standard InChI is InChI=1S/C18H34N2O/c1-3-4-17-11-18(13-19,7-8-21-17)20(2)12-16-10-14-5-6-15(16)9-14/h14-17H,3-13,19H2,1-2H3. The van der Waals surface area contributed by atoms with E-state index in [2.05, 4.69) is 18.9 Å². The summed E-state index contributed by atoms with van der Waals surface area (Å²) in [7, 11) is 2.33. The largest absolute Gasteiger partial charge is 0.378 e. The Labute approximate surface area is 130 Å². The summed E-state index contributed by atoms with van der Waals surface area (Å²) in [6.07, 6.45) is 11.0. The first kappa shape index (κ1) is 15.8. The fraction of sp³-hybridized carbons (Fsp3) is 1.00. The van der Waals surface area contributed by atoms with Gasteiger partial charge in [0.25, 0.3) is 0 Å². The lowest BCUT2D eigenvalue weighted by Gasteiger charge is -2.48. The van der Waals surface area contributed by atoms with E-state index in [1.807, 2.05) is 0 Å². The molecule has 0 amide bonds. The molecule has 1 heterocycles. The molecule has 0 aromatic carbocycles. The van der Waals surface area contributed by atoms with Crippen LogP contribution in [-0.4, -0.2) is 43.3 Å². The first-order valence-electron chi connectivity index (χ1n) is 9.20. The average Bonchev–Trinajstić information content (AvgIpc) is 3.10. The van der Waals surface area contributed by atoms with E-state index in [1.54, 1.807) is 0 Å². The highest BCUT2D eigenvalue weighted by Crippen LogP contribution is 2.49. The molecule has 0 aromatic rings. The zero-order chi connectivity index (χ0) is 14.9. The van der Waals surface area contributed by atoms with Crippen LogP contribution in [0.5, 0.6) is 0 Å². The Morgan fingerprint density at radius 2 is 2.14 bits per heavy atom. The Hall–Kier alpha value is -0.120. The predicted molar refractivity (Wildman–Crippen MR) is 87.2 cm³/mol. The summed E-state index contributed by atoms with van der Waals surface area (Å²) in [5.41, 5.74) is 6.44. The second kappa shape index (κ2) is 6.55. The molecule has 0 spiro atoms. The lowest BCUT2D eigenvalue weighted by atomic mass is 9.81. The molecule has 0 radical (unpaired) electrons. The van der Waals surface area contributed by atoms with Gasteiger partial charge in [0.2, 0.25) is 0 Å². The van der Waals surface area contributed by atoms with E-state index < -0.39 is 0 Å². The lowest BCUT2D eigenvalue weighted by molar-refractivity contribution is -0.0714. The van der Waals surface area contributed by atoms with Crippen molar-refractivity contribution in [2.24, 2.45) is 23.5 Å². The topological polar surface area (TPSA) is 38.5 Å². The third-order valence-electron chi connectivity index (χ3n) is 6.72. The molecule has 3 heteroatoms. The van der Waals surface area contributed by atoms with Gasteiger partial charge in [-0.1, -0.05) is 19.8 Å². The van der Waals surface area contributed by atoms with E-state index in [9.17, 15) is 0 Å². The van der Waals surface area contributed by atoms with Crippen molar-refractivity contribution in [3.8, 4) is 0 Å². The van der Waals surface area contributed by atoms with E-state index in [4.69, 9.17) is 10.5 Å². The quantitative estimate of drug-likeness (QED) is 0.818. The van der Waals surface area contributed by atoms with E-state index in [-0.39, 0.29) is 5.54 Å². The van der Waals surface area contributed by atoms with Crippen molar-refractivity contribution >= 4 is 0 Å². The maximum Gasteiger partial charge on any atom is 0.0593 e. The SMILES string of the molecule is CCCC1CC(CN)(N(C)CC2CC3CCC2C3)CCO1. The molecule has 3 fully saturated rings. The minimum Gasteiger partial charge on any atom is -0.378 e. The highest BCUT2D eigenvalue weighted by atomic mass is 16.5. The lowest BCUT2D eigenvalue weighted by Crippen LogP contribution is -2.58. The zero-order valence-electron chi connectivity index (χ0n) is 14.0. The minimum absolute atomic E-state index is 0.194. The first-order chi connectivity index (χ1) is 10.2. The Morgan fingerprint density at radius 3 is 2.76 bits per heavy atom. The molecule has 0 aromatic heterocycles. The highest BCUT2D eigenvalue weighted by Gasteiger charge is 2.44. The van der Waals surface area contributed by atoms with Crippen molar-refractivity contribution in [3.05, 3.63) is 0 Å². The third-order valence-corrected chi connectivity index (χ3v) is 6.72. The molecule has 122 valence electrons. The smallest absolute Gasteiger partial charge is 0.0593 e. The number of hydrogen-bond donors (Lipinski definition) is 1. The number of likely N-dealkylation sites (N-methyl/N-ethyl adjacent to an activating group) is 1. The van der Waals surface area contributed by atoms with Crippen molar-refractivity contribution in [2.45, 2.75) is 69.9 Å². The molecule has 3 aliphatic rings. The van der Waals surface area contributed by atoms with Gasteiger partial charge >= 0.3 is 0 Å². The van der Waals surface area contributed by atoms with Crippen LogP contribution in [0.1, 0.15) is 58.3 Å². The summed E-state index contributed by atoms with van der Waals surface area (Å²) in [5, 5.41) is 0. The van der Waals surface area contributed by atoms with Gasteiger partial charge in [-0.15, -0.1) is 0 Å². The molecule has 2 bridgehead atoms. The van der Waals surface area contributed by atoms with Gasteiger partial charge in [-0.3, -0.25) is 4.90 Å². The fourth-order valence-corrected chi connectivity index (χ4v) is 5.34. The number of rotatable bonds is 6. The second-order valence-corrected chi connectivity index (χ2v) is 7.98. The van der Waals surface area contributed by atoms with Gasteiger partial charge < -0.3 is 10.5 Å². The summed E-state index contributed by atoms with van der Waals surface area (Å²) in [4.78, 5) is 2.63. The van der Waals surface area contributed by atoms with Gasteiger partial charge in [-0.05, 0) is 63.3 Å². The van der Waals surface area contributed by atoms with Crippen molar-refractivity contribution < 1.29 is 4.74 Å². The van der Waals surface area contributed by atoms with Crippen LogP contribution in [0, 0.1) is 17.8 Å². The van der Waals surface area contributed by atoms with Crippen molar-refractivity contribution in [1.82, 2.24) is 4.90 Å². The van der Waals surface area contributed by atoms with Gasteiger partial charge in [0.15, 0.2) is 0 Å². The minimum atomic E-state index is 0.194. The summed E-state index contributed by atoms with van der Waals surface area (Å²) in [5.74, 6) is 2.99. The van der Waals surface area contributed by atoms with Gasteiger partial charge in [-0.25, -0.2) is 0 Å². The van der Waals surface area contributed by atoms with Crippen LogP contribution in [0.15, 0.2) is 0 Å². The fourth-order valence-electron chi connectivity index (χ4n) is 5.34. The summed E-state index contributed by atoms with van der Waals surface area (Å²) in [6.45, 7) is 5.19. The zero-order valence-corrected chi connectivity index (χ0v) is 14.0. The Balaban J connectivity index is 1.61. The maximum absolute atomic E-state index is 6.25. The predicted octanol–water partition coefficient (Wildman–Crippen LogP) is 3.03. The molecule has 2 N–H and O–H groups in total. The molecule has 21 heavy (non-hydrogen) atoms. The monoisotopic (exact) mass is 294 g/mol. The number of nitrogens with two attached hydrogens (primary N) is 1. The van der Waals surface area contributed by atoms with Crippen LogP contribution in [-0.2, 0) is 4.74 Å². The molecule has 2 saturated carbocycles. The van der Waals surface area contributed by atoms with Gasteiger partial charge in [0, 0.05) is 25.2 Å². The number of fused-ring (bicyclic) bond motifs is 2. The Bertz CT molecular complexity index is 346. The van der Waals surface area contributed by atoms with Gasteiger partial charge in [0.1, 0.15) is 0 Å². The maximum atomic E-state index is 6.25. The van der Waals surface area contributed by atoms with E-state index in [0.717, 1.165) is 43.7 Å². The normalized spacial score (nSPS) is 42.9. The van der Waals surface area contributed by atoms with Crippen LogP contribution >= 0.6 is 0 Å². The van der Waals surface area contributed by atoms with Gasteiger partial charge in [-0.2, -0.15) is 0 Å². The van der Waals surface area contributed by atoms with Crippen molar-refractivity contribution in [2.75, 3.05) is 26.7 Å². The third kappa shape index (κ3) is 3.16. The Kier molecular flexibility index (Phi) is 4.92. The summed E-state index contributed by atoms with van der Waals surface area (Å²) in [6, 6.07) is 0. The van der Waals surface area contributed by atoms with Crippen LogP contribution in [0.3, 0.4) is 0 Å². The molecule has 2 aliphatic carbocycles. The second-order valence-electron chi connectivity index (χ2n) is 7.98. The van der Waals surface area contributed by atoms with Crippen LogP contribution in [0.2, 0.25) is 0 Å². The van der Waals surface area contributed by atoms with Crippen molar-refractivity contribution in [1.29, 1.82) is 0 Å². The molecule has 3 nitrogen and oxygen atoms in total. The van der Waals surface area contributed by atoms with Crippen LogP contribution < -0.4 is 5.73 Å². The molecule has 5 unspecified atom stereocenters. The van der Waals surface area contributed by atoms with Crippen molar-refractivity contribution in [3.63, 3.8) is 0 Å². The molecule has 1 aliphatic heterocycles. The van der Waals surface area contributed by atoms with Crippen LogP contribution in [0.25, 0.3) is 0 Å². The summed E-state index contributed by atoms with van der Waals surface area (Å²) >= 11 is 0.